The summed E-state index contributed by atoms with van der Waals surface area (Å²) in [6.07, 6.45) is -5.34. The molecule has 12 nitrogen and oxygen atoms in total. The highest BCUT2D eigenvalue weighted by molar-refractivity contribution is 7.22. The number of thiazole rings is 1. The second-order valence-corrected chi connectivity index (χ2v) is 18.5. The van der Waals surface area contributed by atoms with Gasteiger partial charge in [-0.2, -0.15) is 23.1 Å². The van der Waals surface area contributed by atoms with Gasteiger partial charge in [-0.15, -0.1) is 0 Å². The lowest BCUT2D eigenvalue weighted by Gasteiger charge is -2.56. The topological polar surface area (TPSA) is 122 Å². The van der Waals surface area contributed by atoms with Gasteiger partial charge in [-0.05, 0) is 85.5 Å². The average Bonchev–Trinajstić information content (AvgIpc) is 3.78. The number of benzene rings is 2. The number of hydrogen-bond donors (Lipinski definition) is 1. The van der Waals surface area contributed by atoms with Crippen LogP contribution in [0.25, 0.3) is 32.2 Å². The first kappa shape index (κ1) is 40.1. The van der Waals surface area contributed by atoms with E-state index in [0.717, 1.165) is 24.6 Å². The number of anilines is 2. The molecule has 2 amide bonds. The molecule has 0 spiro atoms. The maximum Gasteiger partial charge on any atom is 0.417 e. The van der Waals surface area contributed by atoms with E-state index in [1.807, 2.05) is 4.90 Å². The fraction of sp³-hybridized carbons (Fsp3) is 0.564. The Morgan fingerprint density at radius 1 is 0.966 bits per heavy atom. The molecular formula is C39H43F6N7O5S. The van der Waals surface area contributed by atoms with Crippen LogP contribution in [0.3, 0.4) is 0 Å². The third-order valence-corrected chi connectivity index (χ3v) is 11.9. The quantitative estimate of drug-likeness (QED) is 0.189. The Balaban J connectivity index is 1.24. The summed E-state index contributed by atoms with van der Waals surface area (Å²) in [5.41, 5.74) is -5.84. The standard InChI is InChI=1S/C39H43F6N7O5S/c1-36(2,3)56-34(53)49-33-47-29-22(8-9-25(41)30(29)58-33)26-24(39(43,44)45)13-23-28(27(26)42)46-32(55-18-38-10-7-11-51(38)15-19(40)14-38)48-31(23)50-16-20-12-21(17-50)52(20)35(54)57-37(4,5)6/h8-9,13,19-21H,7,10-12,14-18H2,1-6H3,(H,47,49,53)/t19-,20?,21?,38+/m1/s1. The number of fused-ring (bicyclic) bond motifs is 5. The van der Waals surface area contributed by atoms with Crippen LogP contribution in [0, 0.1) is 11.6 Å². The molecule has 1 N–H and O–H groups in total. The van der Waals surface area contributed by atoms with Gasteiger partial charge in [0, 0.05) is 42.6 Å². The van der Waals surface area contributed by atoms with Gasteiger partial charge < -0.3 is 19.1 Å². The van der Waals surface area contributed by atoms with Gasteiger partial charge >= 0.3 is 24.4 Å². The molecule has 19 heteroatoms. The zero-order chi connectivity index (χ0) is 41.7. The van der Waals surface area contributed by atoms with Crippen LogP contribution in [0.15, 0.2) is 18.2 Å². The van der Waals surface area contributed by atoms with E-state index in [0.29, 0.717) is 30.7 Å². The number of aromatic nitrogens is 3. The Labute approximate surface area is 333 Å². The summed E-state index contributed by atoms with van der Waals surface area (Å²) in [5, 5.41) is 1.93. The van der Waals surface area contributed by atoms with Gasteiger partial charge in [-0.3, -0.25) is 15.1 Å². The van der Waals surface area contributed by atoms with E-state index in [9.17, 15) is 14.0 Å². The van der Waals surface area contributed by atoms with Crippen LogP contribution in [0.2, 0.25) is 0 Å². The first-order valence-electron chi connectivity index (χ1n) is 19.1. The van der Waals surface area contributed by atoms with Crippen molar-refractivity contribution in [3.8, 4) is 17.1 Å². The smallest absolute Gasteiger partial charge is 0.417 e. The number of piperidine rings is 1. The van der Waals surface area contributed by atoms with Crippen LogP contribution >= 0.6 is 11.3 Å². The Morgan fingerprint density at radius 2 is 1.67 bits per heavy atom. The molecule has 5 aliphatic heterocycles. The average molecular weight is 836 g/mol. The molecule has 5 fully saturated rings. The lowest BCUT2D eigenvalue weighted by atomic mass is 9.87. The second kappa shape index (κ2) is 14.0. The third-order valence-electron chi connectivity index (χ3n) is 10.9. The zero-order valence-corrected chi connectivity index (χ0v) is 33.5. The van der Waals surface area contributed by atoms with E-state index in [2.05, 4.69) is 20.3 Å². The molecule has 58 heavy (non-hydrogen) atoms. The molecule has 7 heterocycles. The summed E-state index contributed by atoms with van der Waals surface area (Å²) in [6, 6.07) is 1.63. The van der Waals surface area contributed by atoms with Crippen molar-refractivity contribution in [2.45, 2.75) is 108 Å². The number of halogens is 6. The number of nitrogens with one attached hydrogen (secondary N) is 1. The predicted octanol–water partition coefficient (Wildman–Crippen LogP) is 8.70. The van der Waals surface area contributed by atoms with Crippen molar-refractivity contribution in [2.75, 3.05) is 43.0 Å². The molecule has 312 valence electrons. The number of nitrogens with zero attached hydrogens (tertiary/aromatic N) is 6. The van der Waals surface area contributed by atoms with Crippen molar-refractivity contribution in [2.24, 2.45) is 0 Å². The molecule has 9 rings (SSSR count). The van der Waals surface area contributed by atoms with Gasteiger partial charge in [-0.25, -0.2) is 27.7 Å². The molecule has 2 aromatic carbocycles. The number of piperazine rings is 1. The number of carbonyl (C=O) groups excluding carboxylic acids is 2. The fourth-order valence-electron chi connectivity index (χ4n) is 8.65. The molecule has 0 radical (unpaired) electrons. The van der Waals surface area contributed by atoms with Gasteiger partial charge in [0.25, 0.3) is 0 Å². The van der Waals surface area contributed by atoms with Gasteiger partial charge in [0.15, 0.2) is 10.9 Å². The maximum absolute atomic E-state index is 17.3. The molecular weight excluding hydrogens is 793 g/mol. The molecule has 5 saturated heterocycles. The van der Waals surface area contributed by atoms with Gasteiger partial charge in [0.05, 0.1) is 33.4 Å². The van der Waals surface area contributed by atoms with E-state index < -0.39 is 75.1 Å². The predicted molar refractivity (Wildman–Crippen MR) is 204 cm³/mol. The first-order valence-corrected chi connectivity index (χ1v) is 19.9. The van der Waals surface area contributed by atoms with E-state index in [1.165, 1.54) is 0 Å². The summed E-state index contributed by atoms with van der Waals surface area (Å²) in [4.78, 5) is 44.1. The largest absolute Gasteiger partial charge is 0.461 e. The molecule has 2 aromatic heterocycles. The van der Waals surface area contributed by atoms with E-state index >= 15 is 22.0 Å². The number of hydrogen-bond acceptors (Lipinski definition) is 11. The fourth-order valence-corrected chi connectivity index (χ4v) is 9.53. The minimum atomic E-state index is -5.14. The van der Waals surface area contributed by atoms with Crippen LogP contribution in [-0.4, -0.2) is 105 Å². The Morgan fingerprint density at radius 3 is 2.34 bits per heavy atom. The summed E-state index contributed by atoms with van der Waals surface area (Å²) in [7, 11) is 0. The Bertz CT molecular complexity index is 2300. The highest BCUT2D eigenvalue weighted by atomic mass is 32.1. The monoisotopic (exact) mass is 835 g/mol. The highest BCUT2D eigenvalue weighted by Crippen LogP contribution is 2.48. The second-order valence-electron chi connectivity index (χ2n) is 17.5. The van der Waals surface area contributed by atoms with E-state index in [1.54, 1.807) is 51.3 Å². The Hall–Kier alpha value is -4.65. The molecule has 2 unspecified atom stereocenters. The minimum absolute atomic E-state index is 0.0318. The number of alkyl halides is 4. The molecule has 5 aliphatic rings. The molecule has 0 saturated carbocycles. The third kappa shape index (κ3) is 7.43. The summed E-state index contributed by atoms with van der Waals surface area (Å²) in [5.74, 6) is -2.27. The van der Waals surface area contributed by atoms with Crippen LogP contribution in [0.5, 0.6) is 6.01 Å². The van der Waals surface area contributed by atoms with Crippen molar-refractivity contribution in [1.29, 1.82) is 0 Å². The van der Waals surface area contributed by atoms with Gasteiger partial charge in [-0.1, -0.05) is 11.3 Å². The SMILES string of the molecule is CC(C)(C)OC(=O)Nc1nc2c(-c3c(C(F)(F)F)cc4c(N5CC6CC(C5)N6C(=O)OC(C)(C)C)nc(OC[C@@]56CCCN5C[C@H](F)C6)nc4c3F)ccc(F)c2s1. The maximum atomic E-state index is 17.3. The van der Waals surface area contributed by atoms with Crippen molar-refractivity contribution in [3.63, 3.8) is 0 Å². The lowest BCUT2D eigenvalue weighted by Crippen LogP contribution is -2.70. The van der Waals surface area contributed by atoms with E-state index in [4.69, 9.17) is 14.2 Å². The molecule has 4 aromatic rings. The van der Waals surface area contributed by atoms with Crippen LogP contribution in [-0.2, 0) is 15.7 Å². The van der Waals surface area contributed by atoms with Crippen molar-refractivity contribution in [3.05, 3.63) is 35.4 Å². The summed E-state index contributed by atoms with van der Waals surface area (Å²) in [6.45, 7) is 11.3. The number of ether oxygens (including phenoxy) is 3. The first-order chi connectivity index (χ1) is 27.1. The van der Waals surface area contributed by atoms with Crippen LogP contribution in [0.1, 0.15) is 72.8 Å². The van der Waals surface area contributed by atoms with Crippen LogP contribution in [0.4, 0.5) is 46.9 Å². The van der Waals surface area contributed by atoms with Crippen molar-refractivity contribution in [1.82, 2.24) is 24.8 Å². The number of carbonyl (C=O) groups is 2. The highest BCUT2D eigenvalue weighted by Gasteiger charge is 2.51. The van der Waals surface area contributed by atoms with Gasteiger partial charge in [0.2, 0.25) is 0 Å². The number of rotatable bonds is 6. The Kier molecular flexibility index (Phi) is 9.68. The molecule has 4 atom stereocenters. The van der Waals surface area contributed by atoms with Gasteiger partial charge in [0.1, 0.15) is 41.1 Å². The molecule has 2 bridgehead atoms. The zero-order valence-electron chi connectivity index (χ0n) is 32.7. The normalized spacial score (nSPS) is 23.6. The minimum Gasteiger partial charge on any atom is -0.461 e. The van der Waals surface area contributed by atoms with Crippen molar-refractivity contribution >= 4 is 55.6 Å². The summed E-state index contributed by atoms with van der Waals surface area (Å²) >= 11 is 0.647. The summed E-state index contributed by atoms with van der Waals surface area (Å²) < 4.78 is 110. The number of amides is 2. The van der Waals surface area contributed by atoms with Crippen LogP contribution < -0.4 is 15.0 Å². The van der Waals surface area contributed by atoms with E-state index in [-0.39, 0.29) is 77.3 Å². The molecule has 0 aliphatic carbocycles. The van der Waals surface area contributed by atoms with Crippen molar-refractivity contribution < 1.29 is 50.1 Å². The lowest BCUT2D eigenvalue weighted by molar-refractivity contribution is -0.137.